The zero-order valence-corrected chi connectivity index (χ0v) is 12.7. The molecule has 0 aromatic carbocycles. The van der Waals surface area contributed by atoms with Crippen molar-refractivity contribution in [3.8, 4) is 0 Å². The Morgan fingerprint density at radius 1 is 1.40 bits per heavy atom. The lowest BCUT2D eigenvalue weighted by atomic mass is 10.2. The molecule has 0 radical (unpaired) electrons. The molecule has 0 saturated carbocycles. The normalized spacial score (nSPS) is 10.5. The first kappa shape index (κ1) is 14.7. The number of thiazole rings is 1. The van der Waals surface area contributed by atoms with E-state index in [1.807, 2.05) is 25.1 Å². The van der Waals surface area contributed by atoms with Gasteiger partial charge in [-0.15, -0.1) is 11.3 Å². The van der Waals surface area contributed by atoms with Crippen molar-refractivity contribution in [1.29, 1.82) is 0 Å². The molecule has 4 nitrogen and oxygen atoms in total. The zero-order chi connectivity index (χ0) is 14.4. The van der Waals surface area contributed by atoms with E-state index < -0.39 is 0 Å². The number of nitrogens with one attached hydrogen (secondary N) is 1. The van der Waals surface area contributed by atoms with Crippen molar-refractivity contribution in [2.75, 3.05) is 0 Å². The predicted octanol–water partition coefficient (Wildman–Crippen LogP) is 2.66. The number of carbonyl (C=O) groups excluding carboxylic acids is 1. The van der Waals surface area contributed by atoms with Gasteiger partial charge in [0.2, 0.25) is 5.91 Å². The fraction of sp³-hybridized carbons (Fsp3) is 0.400. The Morgan fingerprint density at radius 2 is 2.25 bits per heavy atom. The maximum absolute atomic E-state index is 11.9. The Kier molecular flexibility index (Phi) is 5.24. The monoisotopic (exact) mass is 289 g/mol. The van der Waals surface area contributed by atoms with Crippen LogP contribution in [0.2, 0.25) is 0 Å². The number of hydrogen-bond acceptors (Lipinski definition) is 4. The maximum atomic E-state index is 11.9. The number of nitrogens with zero attached hydrogens (tertiary/aromatic N) is 2. The summed E-state index contributed by atoms with van der Waals surface area (Å²) in [6.45, 7) is 4.69. The molecular weight excluding hydrogens is 270 g/mol. The van der Waals surface area contributed by atoms with E-state index in [4.69, 9.17) is 0 Å². The molecule has 0 bridgehead atoms. The van der Waals surface area contributed by atoms with Gasteiger partial charge in [0.05, 0.1) is 23.7 Å². The first-order chi connectivity index (χ1) is 9.69. The second-order valence-electron chi connectivity index (χ2n) is 4.64. The van der Waals surface area contributed by atoms with Crippen LogP contribution in [0.25, 0.3) is 0 Å². The summed E-state index contributed by atoms with van der Waals surface area (Å²) in [5.74, 6) is -0.00598. The highest BCUT2D eigenvalue weighted by atomic mass is 32.1. The Balaban J connectivity index is 1.87. The van der Waals surface area contributed by atoms with Crippen molar-refractivity contribution in [3.63, 3.8) is 0 Å². The van der Waals surface area contributed by atoms with Crippen LogP contribution in [0.3, 0.4) is 0 Å². The van der Waals surface area contributed by atoms with Gasteiger partial charge in [-0.3, -0.25) is 9.78 Å². The minimum Gasteiger partial charge on any atom is -0.351 e. The fourth-order valence-corrected chi connectivity index (χ4v) is 2.99. The maximum Gasteiger partial charge on any atom is 0.226 e. The molecule has 0 unspecified atom stereocenters. The summed E-state index contributed by atoms with van der Waals surface area (Å²) < 4.78 is 0. The summed E-state index contributed by atoms with van der Waals surface area (Å²) >= 11 is 1.69. The SMILES string of the molecule is CCCc1nc(C)c(CNC(=O)Cc2ccccn2)s1. The highest BCUT2D eigenvalue weighted by molar-refractivity contribution is 7.11. The van der Waals surface area contributed by atoms with E-state index in [9.17, 15) is 4.79 Å². The number of pyridine rings is 1. The van der Waals surface area contributed by atoms with Crippen molar-refractivity contribution in [2.45, 2.75) is 39.7 Å². The lowest BCUT2D eigenvalue weighted by Crippen LogP contribution is -2.24. The van der Waals surface area contributed by atoms with Gasteiger partial charge in [-0.05, 0) is 31.9 Å². The molecule has 1 N–H and O–H groups in total. The molecule has 1 amide bonds. The van der Waals surface area contributed by atoms with Gasteiger partial charge in [0.1, 0.15) is 0 Å². The molecule has 0 aliphatic carbocycles. The molecule has 0 atom stereocenters. The molecule has 2 rings (SSSR count). The van der Waals surface area contributed by atoms with E-state index in [1.54, 1.807) is 17.5 Å². The summed E-state index contributed by atoms with van der Waals surface area (Å²) in [5, 5.41) is 4.09. The Labute approximate surface area is 123 Å². The van der Waals surface area contributed by atoms with E-state index in [-0.39, 0.29) is 5.91 Å². The van der Waals surface area contributed by atoms with Crippen molar-refractivity contribution in [2.24, 2.45) is 0 Å². The summed E-state index contributed by atoms with van der Waals surface area (Å²) in [5.41, 5.74) is 1.81. The number of amides is 1. The highest BCUT2D eigenvalue weighted by Gasteiger charge is 2.09. The summed E-state index contributed by atoms with van der Waals surface area (Å²) in [6, 6.07) is 5.59. The molecule has 0 aliphatic heterocycles. The van der Waals surface area contributed by atoms with Crippen LogP contribution in [-0.2, 0) is 24.2 Å². The first-order valence-corrected chi connectivity index (χ1v) is 7.62. The third kappa shape index (κ3) is 4.13. The van der Waals surface area contributed by atoms with Crippen LogP contribution < -0.4 is 5.32 Å². The standard InChI is InChI=1S/C15H19N3OS/c1-3-6-15-18-11(2)13(20-15)10-17-14(19)9-12-7-4-5-8-16-12/h4-5,7-8H,3,6,9-10H2,1-2H3,(H,17,19). The predicted molar refractivity (Wildman–Crippen MR) is 80.6 cm³/mol. The van der Waals surface area contributed by atoms with E-state index in [2.05, 4.69) is 22.2 Å². The first-order valence-electron chi connectivity index (χ1n) is 6.80. The molecule has 20 heavy (non-hydrogen) atoms. The Bertz CT molecular complexity index is 566. The van der Waals surface area contributed by atoms with Gasteiger partial charge in [0.15, 0.2) is 0 Å². The van der Waals surface area contributed by atoms with Crippen LogP contribution >= 0.6 is 11.3 Å². The molecular formula is C15H19N3OS. The zero-order valence-electron chi connectivity index (χ0n) is 11.8. The Hall–Kier alpha value is -1.75. The molecule has 5 heteroatoms. The number of rotatable bonds is 6. The van der Waals surface area contributed by atoms with Crippen molar-refractivity contribution < 1.29 is 4.79 Å². The molecule has 0 aliphatic rings. The van der Waals surface area contributed by atoms with E-state index in [0.29, 0.717) is 13.0 Å². The largest absolute Gasteiger partial charge is 0.351 e. The fourth-order valence-electron chi connectivity index (χ4n) is 1.88. The number of aryl methyl sites for hydroxylation is 2. The molecule has 106 valence electrons. The van der Waals surface area contributed by atoms with Gasteiger partial charge in [-0.1, -0.05) is 13.0 Å². The van der Waals surface area contributed by atoms with Gasteiger partial charge >= 0.3 is 0 Å². The van der Waals surface area contributed by atoms with Gasteiger partial charge in [0, 0.05) is 16.8 Å². The number of aromatic nitrogens is 2. The third-order valence-electron chi connectivity index (χ3n) is 2.91. The summed E-state index contributed by atoms with van der Waals surface area (Å²) in [6.07, 6.45) is 4.12. The topological polar surface area (TPSA) is 54.9 Å². The summed E-state index contributed by atoms with van der Waals surface area (Å²) in [4.78, 5) is 21.7. The van der Waals surface area contributed by atoms with Crippen LogP contribution in [0, 0.1) is 6.92 Å². The van der Waals surface area contributed by atoms with Crippen molar-refractivity contribution >= 4 is 17.2 Å². The average molecular weight is 289 g/mol. The van der Waals surface area contributed by atoms with Crippen LogP contribution in [-0.4, -0.2) is 15.9 Å². The number of carbonyl (C=O) groups is 1. The molecule has 0 saturated heterocycles. The van der Waals surface area contributed by atoms with Crippen LogP contribution in [0.4, 0.5) is 0 Å². The van der Waals surface area contributed by atoms with Crippen LogP contribution in [0.15, 0.2) is 24.4 Å². The molecule has 0 spiro atoms. The second kappa shape index (κ2) is 7.14. The van der Waals surface area contributed by atoms with Gasteiger partial charge in [-0.25, -0.2) is 4.98 Å². The third-order valence-corrected chi connectivity index (χ3v) is 4.13. The summed E-state index contributed by atoms with van der Waals surface area (Å²) in [7, 11) is 0. The molecule has 2 aromatic heterocycles. The highest BCUT2D eigenvalue weighted by Crippen LogP contribution is 2.19. The lowest BCUT2D eigenvalue weighted by Gasteiger charge is -2.03. The quantitative estimate of drug-likeness (QED) is 0.889. The molecule has 2 heterocycles. The van der Waals surface area contributed by atoms with Crippen molar-refractivity contribution in [1.82, 2.24) is 15.3 Å². The average Bonchev–Trinajstić information content (AvgIpc) is 2.78. The van der Waals surface area contributed by atoms with E-state index in [0.717, 1.165) is 34.1 Å². The lowest BCUT2D eigenvalue weighted by molar-refractivity contribution is -0.120. The second-order valence-corrected chi connectivity index (χ2v) is 5.81. The van der Waals surface area contributed by atoms with Crippen LogP contribution in [0.5, 0.6) is 0 Å². The minimum absolute atomic E-state index is 0.00598. The smallest absolute Gasteiger partial charge is 0.226 e. The van der Waals surface area contributed by atoms with Crippen LogP contribution in [0.1, 0.15) is 34.6 Å². The van der Waals surface area contributed by atoms with Gasteiger partial charge in [0.25, 0.3) is 0 Å². The van der Waals surface area contributed by atoms with Crippen molar-refractivity contribution in [3.05, 3.63) is 45.7 Å². The molecule has 2 aromatic rings. The van der Waals surface area contributed by atoms with E-state index >= 15 is 0 Å². The van der Waals surface area contributed by atoms with E-state index in [1.165, 1.54) is 0 Å². The van der Waals surface area contributed by atoms with Gasteiger partial charge < -0.3 is 5.32 Å². The van der Waals surface area contributed by atoms with Gasteiger partial charge in [-0.2, -0.15) is 0 Å². The molecule has 0 fully saturated rings. The Morgan fingerprint density at radius 3 is 2.95 bits per heavy atom. The minimum atomic E-state index is -0.00598. The number of hydrogen-bond donors (Lipinski definition) is 1.